The number of aromatic nitrogens is 2. The van der Waals surface area contributed by atoms with Crippen LogP contribution in [0.3, 0.4) is 0 Å². The van der Waals surface area contributed by atoms with E-state index in [9.17, 15) is 9.18 Å². The summed E-state index contributed by atoms with van der Waals surface area (Å²) in [7, 11) is 0. The fraction of sp³-hybridized carbons (Fsp3) is 0.333. The summed E-state index contributed by atoms with van der Waals surface area (Å²) < 4.78 is 13.0. The minimum absolute atomic E-state index is 0.0940. The molecule has 3 N–H and O–H groups in total. The fourth-order valence-corrected chi connectivity index (χ4v) is 1.56. The molecule has 96 valence electrons. The molecule has 0 saturated heterocycles. The monoisotopic (exact) mass is 250 g/mol. The molecule has 0 radical (unpaired) electrons. The van der Waals surface area contributed by atoms with Crippen molar-refractivity contribution in [1.82, 2.24) is 15.3 Å². The van der Waals surface area contributed by atoms with E-state index < -0.39 is 0 Å². The maximum absolute atomic E-state index is 13.0. The van der Waals surface area contributed by atoms with Crippen LogP contribution in [0.25, 0.3) is 11.0 Å². The van der Waals surface area contributed by atoms with Gasteiger partial charge in [-0.3, -0.25) is 4.79 Å². The number of fused-ring (bicyclic) bond motifs is 1. The van der Waals surface area contributed by atoms with Gasteiger partial charge in [-0.2, -0.15) is 0 Å². The quantitative estimate of drug-likeness (QED) is 0.755. The van der Waals surface area contributed by atoms with Crippen LogP contribution < -0.4 is 10.6 Å². The van der Waals surface area contributed by atoms with Gasteiger partial charge in [0.2, 0.25) is 11.9 Å². The summed E-state index contributed by atoms with van der Waals surface area (Å²) in [5, 5.41) is 5.60. The topological polar surface area (TPSA) is 69.8 Å². The SMILES string of the molecule is CCCNC(=O)CNc1nc2ccc(F)cc2[nH]1. The number of anilines is 1. The van der Waals surface area contributed by atoms with Crippen molar-refractivity contribution < 1.29 is 9.18 Å². The predicted molar refractivity (Wildman–Crippen MR) is 67.8 cm³/mol. The highest BCUT2D eigenvalue weighted by Gasteiger charge is 2.05. The molecule has 0 saturated carbocycles. The van der Waals surface area contributed by atoms with Crippen molar-refractivity contribution in [3.05, 3.63) is 24.0 Å². The standard InChI is InChI=1S/C12H15FN4O/c1-2-5-14-11(18)7-15-12-16-9-4-3-8(13)6-10(9)17-12/h3-4,6H,2,5,7H2,1H3,(H,14,18)(H2,15,16,17). The van der Waals surface area contributed by atoms with E-state index in [1.54, 1.807) is 6.07 Å². The molecular weight excluding hydrogens is 235 g/mol. The molecule has 0 bridgehead atoms. The number of nitrogens with zero attached hydrogens (tertiary/aromatic N) is 1. The van der Waals surface area contributed by atoms with Crippen LogP contribution in [0.4, 0.5) is 10.3 Å². The minimum Gasteiger partial charge on any atom is -0.355 e. The lowest BCUT2D eigenvalue weighted by Crippen LogP contribution is -2.30. The number of halogens is 1. The highest BCUT2D eigenvalue weighted by atomic mass is 19.1. The van der Waals surface area contributed by atoms with Gasteiger partial charge in [0.1, 0.15) is 5.82 Å². The van der Waals surface area contributed by atoms with E-state index in [1.165, 1.54) is 12.1 Å². The van der Waals surface area contributed by atoms with Gasteiger partial charge in [0.25, 0.3) is 0 Å². The molecule has 0 aliphatic rings. The number of rotatable bonds is 5. The van der Waals surface area contributed by atoms with Crippen LogP contribution in [0.2, 0.25) is 0 Å². The van der Waals surface area contributed by atoms with Gasteiger partial charge >= 0.3 is 0 Å². The van der Waals surface area contributed by atoms with Crippen molar-refractivity contribution in [3.8, 4) is 0 Å². The first-order chi connectivity index (χ1) is 8.69. The van der Waals surface area contributed by atoms with E-state index in [0.717, 1.165) is 6.42 Å². The lowest BCUT2D eigenvalue weighted by molar-refractivity contribution is -0.119. The van der Waals surface area contributed by atoms with E-state index in [4.69, 9.17) is 0 Å². The Kier molecular flexibility index (Phi) is 3.76. The average molecular weight is 250 g/mol. The van der Waals surface area contributed by atoms with Gasteiger partial charge in [0.05, 0.1) is 17.6 Å². The summed E-state index contributed by atoms with van der Waals surface area (Å²) in [5.74, 6) is 0.0455. The van der Waals surface area contributed by atoms with Crippen molar-refractivity contribution in [1.29, 1.82) is 0 Å². The summed E-state index contributed by atoms with van der Waals surface area (Å²) in [6.45, 7) is 2.79. The third-order valence-corrected chi connectivity index (χ3v) is 2.43. The largest absolute Gasteiger partial charge is 0.355 e. The number of imidazole rings is 1. The molecule has 1 aromatic carbocycles. The first kappa shape index (κ1) is 12.3. The number of aromatic amines is 1. The van der Waals surface area contributed by atoms with E-state index >= 15 is 0 Å². The average Bonchev–Trinajstić information content (AvgIpc) is 2.75. The third kappa shape index (κ3) is 2.97. The third-order valence-electron chi connectivity index (χ3n) is 2.43. The van der Waals surface area contributed by atoms with Crippen molar-refractivity contribution in [2.75, 3.05) is 18.4 Å². The molecule has 1 heterocycles. The number of carbonyl (C=O) groups is 1. The van der Waals surface area contributed by atoms with Crippen molar-refractivity contribution in [3.63, 3.8) is 0 Å². The van der Waals surface area contributed by atoms with Gasteiger partial charge < -0.3 is 15.6 Å². The van der Waals surface area contributed by atoms with Crippen LogP contribution in [-0.4, -0.2) is 29.0 Å². The van der Waals surface area contributed by atoms with E-state index in [-0.39, 0.29) is 18.3 Å². The second-order valence-corrected chi connectivity index (χ2v) is 3.95. The molecule has 0 atom stereocenters. The van der Waals surface area contributed by atoms with Crippen LogP contribution in [0.5, 0.6) is 0 Å². The number of H-pyrrole nitrogens is 1. The number of hydrogen-bond donors (Lipinski definition) is 3. The lowest BCUT2D eigenvalue weighted by atomic mass is 10.3. The summed E-state index contributed by atoms with van der Waals surface area (Å²) in [6, 6.07) is 4.30. The number of amides is 1. The molecule has 2 aromatic rings. The molecule has 1 aromatic heterocycles. The Balaban J connectivity index is 1.97. The van der Waals surface area contributed by atoms with Crippen molar-refractivity contribution in [2.24, 2.45) is 0 Å². The van der Waals surface area contributed by atoms with Crippen LogP contribution in [0.15, 0.2) is 18.2 Å². The van der Waals surface area contributed by atoms with Gasteiger partial charge in [0.15, 0.2) is 0 Å². The number of carbonyl (C=O) groups excluding carboxylic acids is 1. The molecule has 1 amide bonds. The van der Waals surface area contributed by atoms with Crippen molar-refractivity contribution in [2.45, 2.75) is 13.3 Å². The molecule has 18 heavy (non-hydrogen) atoms. The molecule has 5 nitrogen and oxygen atoms in total. The number of benzene rings is 1. The van der Waals surface area contributed by atoms with Crippen LogP contribution in [0.1, 0.15) is 13.3 Å². The number of nitrogens with one attached hydrogen (secondary N) is 3. The van der Waals surface area contributed by atoms with Crippen LogP contribution >= 0.6 is 0 Å². The molecule has 2 rings (SSSR count). The Bertz CT molecular complexity index is 552. The molecule has 0 fully saturated rings. The Morgan fingerprint density at radius 3 is 3.11 bits per heavy atom. The van der Waals surface area contributed by atoms with Crippen molar-refractivity contribution >= 4 is 22.9 Å². The van der Waals surface area contributed by atoms with E-state index in [2.05, 4.69) is 20.6 Å². The second kappa shape index (κ2) is 5.48. The summed E-state index contributed by atoms with van der Waals surface area (Å²) in [6.07, 6.45) is 0.898. The zero-order valence-corrected chi connectivity index (χ0v) is 10.1. The molecule has 0 aliphatic heterocycles. The zero-order chi connectivity index (χ0) is 13.0. The second-order valence-electron chi connectivity index (χ2n) is 3.95. The van der Waals surface area contributed by atoms with Gasteiger partial charge in [-0.1, -0.05) is 6.92 Å². The Hall–Kier alpha value is -2.11. The van der Waals surface area contributed by atoms with Gasteiger partial charge in [-0.15, -0.1) is 0 Å². The molecule has 0 unspecified atom stereocenters. The summed E-state index contributed by atoms with van der Waals surface area (Å²) in [4.78, 5) is 18.5. The van der Waals surface area contributed by atoms with Gasteiger partial charge in [0, 0.05) is 6.54 Å². The van der Waals surface area contributed by atoms with Crippen LogP contribution in [0, 0.1) is 5.82 Å². The smallest absolute Gasteiger partial charge is 0.239 e. The molecular formula is C12H15FN4O. The van der Waals surface area contributed by atoms with Gasteiger partial charge in [-0.25, -0.2) is 9.37 Å². The highest BCUT2D eigenvalue weighted by Crippen LogP contribution is 2.14. The van der Waals surface area contributed by atoms with E-state index in [1.807, 2.05) is 6.92 Å². The maximum atomic E-state index is 13.0. The Labute approximate surface area is 104 Å². The Morgan fingerprint density at radius 2 is 2.33 bits per heavy atom. The normalized spacial score (nSPS) is 10.6. The first-order valence-corrected chi connectivity index (χ1v) is 5.85. The molecule has 6 heteroatoms. The number of hydrogen-bond acceptors (Lipinski definition) is 3. The Morgan fingerprint density at radius 1 is 1.50 bits per heavy atom. The fourth-order valence-electron chi connectivity index (χ4n) is 1.56. The minimum atomic E-state index is -0.321. The molecule has 0 aliphatic carbocycles. The zero-order valence-electron chi connectivity index (χ0n) is 10.1. The summed E-state index contributed by atoms with van der Waals surface area (Å²) >= 11 is 0. The maximum Gasteiger partial charge on any atom is 0.239 e. The summed E-state index contributed by atoms with van der Waals surface area (Å²) in [5.41, 5.74) is 1.26. The van der Waals surface area contributed by atoms with E-state index in [0.29, 0.717) is 23.5 Å². The lowest BCUT2D eigenvalue weighted by Gasteiger charge is -2.03. The predicted octanol–water partition coefficient (Wildman–Crippen LogP) is 1.64. The van der Waals surface area contributed by atoms with Crippen LogP contribution in [-0.2, 0) is 4.79 Å². The highest BCUT2D eigenvalue weighted by molar-refractivity contribution is 5.81. The molecule has 0 spiro atoms. The van der Waals surface area contributed by atoms with Gasteiger partial charge in [-0.05, 0) is 24.6 Å². The first-order valence-electron chi connectivity index (χ1n) is 5.85.